The average Bonchev–Trinajstić information content (AvgIpc) is 2.17. The average molecular weight is 260 g/mol. The highest BCUT2D eigenvalue weighted by atomic mass is 35.5. The standard InChI is InChI=1S/C10H13N3OS.ClH/c1-8-7-12(2)11-10(15-8)9-3-5-13(14)6-4-9;/h3-6,8H,7H2,1-2H3;1H. The van der Waals surface area contributed by atoms with Gasteiger partial charge in [-0.1, -0.05) is 18.7 Å². The molecule has 6 heteroatoms. The van der Waals surface area contributed by atoms with Crippen LogP contribution in [0.25, 0.3) is 0 Å². The lowest BCUT2D eigenvalue weighted by Crippen LogP contribution is -2.29. The summed E-state index contributed by atoms with van der Waals surface area (Å²) in [5.74, 6) is 0. The van der Waals surface area contributed by atoms with Crippen molar-refractivity contribution < 1.29 is 4.73 Å². The minimum absolute atomic E-state index is 0. The van der Waals surface area contributed by atoms with Gasteiger partial charge in [0.2, 0.25) is 0 Å². The van der Waals surface area contributed by atoms with Crippen LogP contribution in [-0.4, -0.2) is 28.9 Å². The highest BCUT2D eigenvalue weighted by molar-refractivity contribution is 8.15. The molecule has 0 saturated carbocycles. The zero-order chi connectivity index (χ0) is 10.8. The monoisotopic (exact) mass is 259 g/mol. The molecule has 16 heavy (non-hydrogen) atoms. The maximum absolute atomic E-state index is 10.9. The molecule has 88 valence electrons. The summed E-state index contributed by atoms with van der Waals surface area (Å²) in [4.78, 5) is 0. The van der Waals surface area contributed by atoms with Gasteiger partial charge in [-0.3, -0.25) is 5.01 Å². The molecule has 1 atom stereocenters. The van der Waals surface area contributed by atoms with Gasteiger partial charge < -0.3 is 5.21 Å². The zero-order valence-corrected chi connectivity index (χ0v) is 10.8. The number of thioether (sulfide) groups is 1. The van der Waals surface area contributed by atoms with Crippen LogP contribution in [0, 0.1) is 5.21 Å². The van der Waals surface area contributed by atoms with E-state index in [9.17, 15) is 5.21 Å². The summed E-state index contributed by atoms with van der Waals surface area (Å²) in [5, 5.41) is 18.8. The summed E-state index contributed by atoms with van der Waals surface area (Å²) < 4.78 is 0.782. The first-order chi connectivity index (χ1) is 7.15. The fraction of sp³-hybridized carbons (Fsp3) is 0.400. The van der Waals surface area contributed by atoms with E-state index in [0.29, 0.717) is 5.25 Å². The highest BCUT2D eigenvalue weighted by Gasteiger charge is 2.18. The third-order valence-electron chi connectivity index (χ3n) is 2.14. The van der Waals surface area contributed by atoms with Gasteiger partial charge in [0.15, 0.2) is 12.4 Å². The summed E-state index contributed by atoms with van der Waals surface area (Å²) in [6.07, 6.45) is 3.00. The van der Waals surface area contributed by atoms with E-state index < -0.39 is 0 Å². The lowest BCUT2D eigenvalue weighted by molar-refractivity contribution is -0.605. The van der Waals surface area contributed by atoms with E-state index in [4.69, 9.17) is 0 Å². The van der Waals surface area contributed by atoms with Gasteiger partial charge in [-0.2, -0.15) is 9.83 Å². The molecule has 1 aliphatic rings. The number of rotatable bonds is 1. The Morgan fingerprint density at radius 2 is 2.12 bits per heavy atom. The minimum Gasteiger partial charge on any atom is -0.619 e. The van der Waals surface area contributed by atoms with Crippen molar-refractivity contribution in [2.45, 2.75) is 12.2 Å². The van der Waals surface area contributed by atoms with E-state index in [1.165, 1.54) is 12.4 Å². The predicted octanol–water partition coefficient (Wildman–Crippen LogP) is 1.47. The molecule has 0 bridgehead atoms. The number of aromatic nitrogens is 1. The lowest BCUT2D eigenvalue weighted by atomic mass is 10.3. The summed E-state index contributed by atoms with van der Waals surface area (Å²) in [5.41, 5.74) is 1.01. The van der Waals surface area contributed by atoms with Crippen molar-refractivity contribution >= 4 is 29.2 Å². The maximum atomic E-state index is 10.9. The molecule has 1 aliphatic heterocycles. The molecule has 0 spiro atoms. The first-order valence-corrected chi connectivity index (χ1v) is 5.69. The second-order valence-corrected chi connectivity index (χ2v) is 5.05. The molecule has 0 aromatic carbocycles. The Balaban J connectivity index is 0.00000128. The van der Waals surface area contributed by atoms with Crippen LogP contribution in [0.5, 0.6) is 0 Å². The van der Waals surface area contributed by atoms with Crippen molar-refractivity contribution in [3.63, 3.8) is 0 Å². The second-order valence-electron chi connectivity index (χ2n) is 3.62. The number of hydrogen-bond donors (Lipinski definition) is 0. The van der Waals surface area contributed by atoms with Gasteiger partial charge in [0, 0.05) is 36.5 Å². The topological polar surface area (TPSA) is 42.5 Å². The first kappa shape index (κ1) is 13.1. The summed E-state index contributed by atoms with van der Waals surface area (Å²) in [7, 11) is 1.97. The fourth-order valence-corrected chi connectivity index (χ4v) is 2.63. The molecule has 1 unspecified atom stereocenters. The van der Waals surface area contributed by atoms with Crippen LogP contribution in [0.4, 0.5) is 0 Å². The van der Waals surface area contributed by atoms with Gasteiger partial charge in [-0.25, -0.2) is 0 Å². The van der Waals surface area contributed by atoms with Gasteiger partial charge in [0.25, 0.3) is 0 Å². The number of halogens is 1. The van der Waals surface area contributed by atoms with Gasteiger partial charge in [0.1, 0.15) is 5.04 Å². The molecule has 1 aromatic rings. The largest absolute Gasteiger partial charge is 0.619 e. The molecular formula is C10H14ClN3OS. The molecule has 2 rings (SSSR count). The van der Waals surface area contributed by atoms with Crippen LogP contribution in [0.3, 0.4) is 0 Å². The smallest absolute Gasteiger partial charge is 0.181 e. The van der Waals surface area contributed by atoms with Crippen LogP contribution in [0.2, 0.25) is 0 Å². The molecule has 0 radical (unpaired) electrons. The van der Waals surface area contributed by atoms with E-state index in [1.807, 2.05) is 12.1 Å². The normalized spacial score (nSPS) is 20.0. The van der Waals surface area contributed by atoms with Gasteiger partial charge in [0.05, 0.1) is 0 Å². The Labute approximate surface area is 105 Å². The van der Waals surface area contributed by atoms with Gasteiger partial charge in [-0.15, -0.1) is 12.4 Å². The highest BCUT2D eigenvalue weighted by Crippen LogP contribution is 2.23. The van der Waals surface area contributed by atoms with Crippen LogP contribution < -0.4 is 4.73 Å². The van der Waals surface area contributed by atoms with Crippen molar-refractivity contribution in [1.82, 2.24) is 5.01 Å². The van der Waals surface area contributed by atoms with Crippen LogP contribution in [0.1, 0.15) is 12.5 Å². The zero-order valence-electron chi connectivity index (χ0n) is 9.16. The van der Waals surface area contributed by atoms with Crippen molar-refractivity contribution in [2.24, 2.45) is 5.10 Å². The lowest BCUT2D eigenvalue weighted by Gasteiger charge is -2.25. The quantitative estimate of drug-likeness (QED) is 0.567. The first-order valence-electron chi connectivity index (χ1n) is 4.81. The molecule has 0 N–H and O–H groups in total. The molecule has 0 saturated heterocycles. The Hall–Kier alpha value is -0.940. The number of pyridine rings is 1. The minimum atomic E-state index is 0. The summed E-state index contributed by atoms with van der Waals surface area (Å²) >= 11 is 1.75. The molecular weight excluding hydrogens is 246 g/mol. The second kappa shape index (κ2) is 5.41. The van der Waals surface area contributed by atoms with E-state index >= 15 is 0 Å². The van der Waals surface area contributed by atoms with Crippen molar-refractivity contribution in [2.75, 3.05) is 13.6 Å². The Bertz CT molecular complexity index is 382. The SMILES string of the molecule is CC1CN(C)N=C(c2cc[n+]([O-])cc2)S1.Cl. The Kier molecular flexibility index (Phi) is 4.44. The molecule has 1 aromatic heterocycles. The molecule has 4 nitrogen and oxygen atoms in total. The van der Waals surface area contributed by atoms with Gasteiger partial charge in [-0.05, 0) is 0 Å². The predicted molar refractivity (Wildman–Crippen MR) is 68.9 cm³/mol. The molecule has 0 aliphatic carbocycles. The van der Waals surface area contributed by atoms with Crippen molar-refractivity contribution in [3.05, 3.63) is 35.3 Å². The molecule has 2 heterocycles. The Morgan fingerprint density at radius 1 is 1.50 bits per heavy atom. The van der Waals surface area contributed by atoms with E-state index in [1.54, 1.807) is 23.9 Å². The van der Waals surface area contributed by atoms with Gasteiger partial charge >= 0.3 is 0 Å². The van der Waals surface area contributed by atoms with E-state index in [-0.39, 0.29) is 12.4 Å². The third kappa shape index (κ3) is 3.02. The number of nitrogens with zero attached hydrogens (tertiary/aromatic N) is 3. The van der Waals surface area contributed by atoms with Crippen LogP contribution >= 0.6 is 24.2 Å². The van der Waals surface area contributed by atoms with Crippen molar-refractivity contribution in [3.8, 4) is 0 Å². The summed E-state index contributed by atoms with van der Waals surface area (Å²) in [6.45, 7) is 3.13. The van der Waals surface area contributed by atoms with Crippen molar-refractivity contribution in [1.29, 1.82) is 0 Å². The fourth-order valence-electron chi connectivity index (χ4n) is 1.50. The van der Waals surface area contributed by atoms with Crippen LogP contribution in [-0.2, 0) is 0 Å². The maximum Gasteiger partial charge on any atom is 0.181 e. The number of hydrogen-bond acceptors (Lipinski definition) is 4. The van der Waals surface area contributed by atoms with E-state index in [2.05, 4.69) is 12.0 Å². The van der Waals surface area contributed by atoms with E-state index in [0.717, 1.165) is 21.9 Å². The summed E-state index contributed by atoms with van der Waals surface area (Å²) in [6, 6.07) is 3.59. The Morgan fingerprint density at radius 3 is 2.69 bits per heavy atom. The number of hydrazone groups is 1. The van der Waals surface area contributed by atoms with Crippen LogP contribution in [0.15, 0.2) is 29.6 Å². The molecule has 0 amide bonds. The third-order valence-corrected chi connectivity index (χ3v) is 3.24. The molecule has 0 fully saturated rings.